The molecule has 1 fully saturated rings. The molecule has 2 aromatic rings. The maximum atomic E-state index is 5.31. The molecule has 142 valence electrons. The smallest absolute Gasteiger partial charge is 0.146 e. The highest BCUT2D eigenvalue weighted by Crippen LogP contribution is 2.39. The number of methoxy groups -OCH3 is 1. The molecule has 1 aliphatic carbocycles. The molecule has 5 nitrogen and oxygen atoms in total. The summed E-state index contributed by atoms with van der Waals surface area (Å²) in [6.07, 6.45) is 6.19. The van der Waals surface area contributed by atoms with Gasteiger partial charge in [0.25, 0.3) is 0 Å². The van der Waals surface area contributed by atoms with Gasteiger partial charge in [0.1, 0.15) is 16.5 Å². The minimum absolute atomic E-state index is 0.235. The van der Waals surface area contributed by atoms with E-state index in [9.17, 15) is 0 Å². The van der Waals surface area contributed by atoms with Gasteiger partial charge in [-0.15, -0.1) is 11.3 Å². The molecule has 1 atom stereocenters. The maximum absolute atomic E-state index is 5.31. The van der Waals surface area contributed by atoms with Gasteiger partial charge < -0.3 is 10.1 Å². The molecular formula is C20H30N4OS. The van der Waals surface area contributed by atoms with Crippen molar-refractivity contribution in [2.75, 3.05) is 32.1 Å². The average molecular weight is 375 g/mol. The summed E-state index contributed by atoms with van der Waals surface area (Å²) in [6.45, 7) is 8.36. The number of rotatable bonds is 6. The van der Waals surface area contributed by atoms with E-state index in [1.165, 1.54) is 41.5 Å². The third-order valence-electron chi connectivity index (χ3n) is 5.65. The highest BCUT2D eigenvalue weighted by atomic mass is 32.1. The van der Waals surface area contributed by atoms with Gasteiger partial charge in [-0.05, 0) is 63.6 Å². The Balaban J connectivity index is 1.64. The summed E-state index contributed by atoms with van der Waals surface area (Å²) in [5.41, 5.74) is 1.48. The van der Waals surface area contributed by atoms with Crippen LogP contribution in [0.25, 0.3) is 10.2 Å². The number of hydrogen-bond acceptors (Lipinski definition) is 6. The Hall–Kier alpha value is -1.24. The fourth-order valence-corrected chi connectivity index (χ4v) is 5.44. The van der Waals surface area contributed by atoms with E-state index in [0.29, 0.717) is 6.61 Å². The van der Waals surface area contributed by atoms with Gasteiger partial charge in [-0.2, -0.15) is 0 Å². The molecule has 0 unspecified atom stereocenters. The zero-order valence-electron chi connectivity index (χ0n) is 16.2. The van der Waals surface area contributed by atoms with E-state index in [-0.39, 0.29) is 6.04 Å². The first kappa shape index (κ1) is 18.1. The van der Waals surface area contributed by atoms with E-state index < -0.39 is 0 Å². The minimum Gasteiger partial charge on any atom is -0.383 e. The van der Waals surface area contributed by atoms with Crippen LogP contribution >= 0.6 is 11.3 Å². The van der Waals surface area contributed by atoms with Crippen molar-refractivity contribution in [2.45, 2.75) is 58.5 Å². The van der Waals surface area contributed by atoms with Gasteiger partial charge >= 0.3 is 0 Å². The number of thiophene rings is 1. The van der Waals surface area contributed by atoms with E-state index in [1.54, 1.807) is 7.11 Å². The molecule has 1 saturated heterocycles. The van der Waals surface area contributed by atoms with Crippen molar-refractivity contribution < 1.29 is 4.74 Å². The lowest BCUT2D eigenvalue weighted by Crippen LogP contribution is -2.33. The molecule has 1 aliphatic heterocycles. The standard InChI is InChI=1S/C20H30N4OS/c1-13-7-9-24(10-8-13)11-17-22-19(21-14(2)12-25-3)18-15-5-4-6-16(15)26-20(18)23-17/h13-14H,4-12H2,1-3H3,(H,21,22,23)/t14-/m1/s1. The Morgan fingerprint density at radius 3 is 2.85 bits per heavy atom. The fraction of sp³-hybridized carbons (Fsp3) is 0.700. The second-order valence-electron chi connectivity index (χ2n) is 7.99. The zero-order valence-corrected chi connectivity index (χ0v) is 17.0. The number of nitrogens with zero attached hydrogens (tertiary/aromatic N) is 3. The first-order chi connectivity index (χ1) is 12.6. The molecule has 26 heavy (non-hydrogen) atoms. The van der Waals surface area contributed by atoms with Gasteiger partial charge in [0.2, 0.25) is 0 Å². The van der Waals surface area contributed by atoms with E-state index in [0.717, 1.165) is 48.4 Å². The van der Waals surface area contributed by atoms with Gasteiger partial charge in [-0.25, -0.2) is 9.97 Å². The van der Waals surface area contributed by atoms with Crippen LogP contribution in [0, 0.1) is 5.92 Å². The van der Waals surface area contributed by atoms with Gasteiger partial charge in [-0.1, -0.05) is 6.92 Å². The second kappa shape index (κ2) is 7.79. The Kier molecular flexibility index (Phi) is 5.43. The number of aromatic nitrogens is 2. The van der Waals surface area contributed by atoms with Crippen molar-refractivity contribution in [3.05, 3.63) is 16.3 Å². The quantitative estimate of drug-likeness (QED) is 0.832. The molecule has 1 N–H and O–H groups in total. The molecule has 3 heterocycles. The van der Waals surface area contributed by atoms with Crippen LogP contribution in [0.1, 0.15) is 49.4 Å². The van der Waals surface area contributed by atoms with E-state index in [1.807, 2.05) is 11.3 Å². The van der Waals surface area contributed by atoms with Crippen LogP contribution in [0.3, 0.4) is 0 Å². The number of aryl methyl sites for hydroxylation is 2. The normalized spacial score (nSPS) is 19.8. The summed E-state index contributed by atoms with van der Waals surface area (Å²) in [5.74, 6) is 2.82. The van der Waals surface area contributed by atoms with Crippen LogP contribution in [0.5, 0.6) is 0 Å². The topological polar surface area (TPSA) is 50.3 Å². The van der Waals surface area contributed by atoms with Crippen molar-refractivity contribution in [1.29, 1.82) is 0 Å². The summed E-state index contributed by atoms with van der Waals surface area (Å²) in [6, 6.07) is 0.235. The van der Waals surface area contributed by atoms with Gasteiger partial charge in [-0.3, -0.25) is 4.90 Å². The molecule has 0 bridgehead atoms. The molecular weight excluding hydrogens is 344 g/mol. The van der Waals surface area contributed by atoms with Gasteiger partial charge in [0.05, 0.1) is 18.5 Å². The van der Waals surface area contributed by atoms with Crippen molar-refractivity contribution in [1.82, 2.24) is 14.9 Å². The first-order valence-corrected chi connectivity index (χ1v) is 10.7. The first-order valence-electron chi connectivity index (χ1n) is 9.93. The zero-order chi connectivity index (χ0) is 18.1. The van der Waals surface area contributed by atoms with E-state index in [4.69, 9.17) is 14.7 Å². The maximum Gasteiger partial charge on any atom is 0.146 e. The Labute approximate surface area is 160 Å². The Morgan fingerprint density at radius 2 is 2.08 bits per heavy atom. The third-order valence-corrected chi connectivity index (χ3v) is 6.84. The van der Waals surface area contributed by atoms with Crippen LogP contribution < -0.4 is 5.32 Å². The summed E-state index contributed by atoms with van der Waals surface area (Å²) in [5, 5.41) is 4.86. The van der Waals surface area contributed by atoms with Crippen LogP contribution in [0.4, 0.5) is 5.82 Å². The third kappa shape index (κ3) is 3.73. The highest BCUT2D eigenvalue weighted by molar-refractivity contribution is 7.19. The van der Waals surface area contributed by atoms with Crippen LogP contribution in [0.2, 0.25) is 0 Å². The van der Waals surface area contributed by atoms with Crippen molar-refractivity contribution >= 4 is 27.4 Å². The number of likely N-dealkylation sites (tertiary alicyclic amines) is 1. The highest BCUT2D eigenvalue weighted by Gasteiger charge is 2.24. The summed E-state index contributed by atoms with van der Waals surface area (Å²) >= 11 is 1.88. The summed E-state index contributed by atoms with van der Waals surface area (Å²) < 4.78 is 5.31. The Morgan fingerprint density at radius 1 is 1.27 bits per heavy atom. The molecule has 2 aromatic heterocycles. The van der Waals surface area contributed by atoms with Crippen LogP contribution in [-0.4, -0.2) is 47.7 Å². The molecule has 0 amide bonds. The van der Waals surface area contributed by atoms with E-state index in [2.05, 4.69) is 24.1 Å². The van der Waals surface area contributed by atoms with Gasteiger partial charge in [0.15, 0.2) is 0 Å². The number of nitrogens with one attached hydrogen (secondary N) is 1. The molecule has 0 aromatic carbocycles. The molecule has 0 spiro atoms. The van der Waals surface area contributed by atoms with Crippen molar-refractivity contribution in [3.63, 3.8) is 0 Å². The lowest BCUT2D eigenvalue weighted by atomic mass is 9.99. The average Bonchev–Trinajstić information content (AvgIpc) is 3.17. The van der Waals surface area contributed by atoms with Crippen molar-refractivity contribution in [3.8, 4) is 0 Å². The lowest BCUT2D eigenvalue weighted by Gasteiger charge is -2.29. The second-order valence-corrected chi connectivity index (χ2v) is 9.07. The molecule has 4 rings (SSSR count). The molecule has 6 heteroatoms. The Bertz CT molecular complexity index is 767. The lowest BCUT2D eigenvalue weighted by molar-refractivity contribution is 0.181. The number of hydrogen-bond donors (Lipinski definition) is 1. The van der Waals surface area contributed by atoms with Gasteiger partial charge in [0, 0.05) is 18.0 Å². The van der Waals surface area contributed by atoms with Crippen LogP contribution in [-0.2, 0) is 24.1 Å². The number of anilines is 1. The minimum atomic E-state index is 0.235. The predicted octanol–water partition coefficient (Wildman–Crippen LogP) is 3.86. The molecule has 0 saturated carbocycles. The summed E-state index contributed by atoms with van der Waals surface area (Å²) in [7, 11) is 1.75. The predicted molar refractivity (Wildman–Crippen MR) is 108 cm³/mol. The molecule has 2 aliphatic rings. The monoisotopic (exact) mass is 374 g/mol. The summed E-state index contributed by atoms with van der Waals surface area (Å²) in [4.78, 5) is 15.1. The number of fused-ring (bicyclic) bond motifs is 3. The van der Waals surface area contributed by atoms with E-state index >= 15 is 0 Å². The van der Waals surface area contributed by atoms with Crippen LogP contribution in [0.15, 0.2) is 0 Å². The fourth-order valence-electron chi connectivity index (χ4n) is 4.16. The SMILES string of the molecule is COC[C@@H](C)Nc1nc(CN2CCC(C)CC2)nc2sc3c(c12)CCC3. The molecule has 0 radical (unpaired) electrons. The largest absolute Gasteiger partial charge is 0.383 e. The number of ether oxygens (including phenoxy) is 1. The van der Waals surface area contributed by atoms with Crippen molar-refractivity contribution in [2.24, 2.45) is 5.92 Å². The number of piperidine rings is 1.